The number of sulfonamides is 1. The molecule has 6 nitrogen and oxygen atoms in total. The largest absolute Gasteiger partial charge is 0.497 e. The highest BCUT2D eigenvalue weighted by Gasteiger charge is 2.23. The van der Waals surface area contributed by atoms with Crippen molar-refractivity contribution in [2.75, 3.05) is 24.9 Å². The summed E-state index contributed by atoms with van der Waals surface area (Å²) >= 11 is 0. The Morgan fingerprint density at radius 3 is 2.52 bits per heavy atom. The first-order valence-corrected chi connectivity index (χ1v) is 10.4. The van der Waals surface area contributed by atoms with Crippen LogP contribution >= 0.6 is 0 Å². The highest BCUT2D eigenvalue weighted by atomic mass is 32.2. The summed E-state index contributed by atoms with van der Waals surface area (Å²) in [5.41, 5.74) is 0.786. The molecule has 2 aromatic carbocycles. The van der Waals surface area contributed by atoms with Crippen molar-refractivity contribution in [1.82, 2.24) is 4.90 Å². The van der Waals surface area contributed by atoms with E-state index in [4.69, 9.17) is 4.74 Å². The van der Waals surface area contributed by atoms with E-state index in [1.54, 1.807) is 41.3 Å². The van der Waals surface area contributed by atoms with Crippen LogP contribution in [0.25, 0.3) is 0 Å². The molecule has 2 aromatic rings. The minimum atomic E-state index is -3.81. The fraction of sp³-hybridized carbons (Fsp3) is 0.350. The van der Waals surface area contributed by atoms with Gasteiger partial charge in [-0.05, 0) is 49.1 Å². The zero-order valence-corrected chi connectivity index (χ0v) is 16.3. The average molecular weight is 388 g/mol. The highest BCUT2D eigenvalue weighted by Crippen LogP contribution is 2.23. The Hall–Kier alpha value is -2.54. The molecule has 3 rings (SSSR count). The van der Waals surface area contributed by atoms with Gasteiger partial charge < -0.3 is 9.64 Å². The van der Waals surface area contributed by atoms with Gasteiger partial charge in [-0.25, -0.2) is 8.42 Å². The van der Waals surface area contributed by atoms with Crippen LogP contribution in [0.3, 0.4) is 0 Å². The Balaban J connectivity index is 1.80. The lowest BCUT2D eigenvalue weighted by Crippen LogP contribution is -2.37. The van der Waals surface area contributed by atoms with Gasteiger partial charge >= 0.3 is 0 Å². The number of hydrogen-bond acceptors (Lipinski definition) is 4. The third-order valence-electron chi connectivity index (χ3n) is 4.78. The molecular formula is C20H24N2O4S. The Labute approximate surface area is 160 Å². The molecule has 1 aliphatic heterocycles. The van der Waals surface area contributed by atoms with Gasteiger partial charge in [0.1, 0.15) is 5.75 Å². The van der Waals surface area contributed by atoms with E-state index >= 15 is 0 Å². The zero-order valence-electron chi connectivity index (χ0n) is 15.5. The number of likely N-dealkylation sites (tertiary alicyclic amines) is 1. The molecule has 0 bridgehead atoms. The summed E-state index contributed by atoms with van der Waals surface area (Å²) in [6.07, 6.45) is 1.95. The molecule has 144 valence electrons. The number of hydrogen-bond donors (Lipinski definition) is 1. The monoisotopic (exact) mass is 388 g/mol. The minimum Gasteiger partial charge on any atom is -0.497 e. The molecule has 1 N–H and O–H groups in total. The number of rotatable bonds is 5. The van der Waals surface area contributed by atoms with Crippen molar-refractivity contribution in [1.29, 1.82) is 0 Å². The number of benzene rings is 2. The van der Waals surface area contributed by atoms with Crippen molar-refractivity contribution in [3.05, 3.63) is 54.1 Å². The SMILES string of the molecule is COc1cccc(NS(=O)(=O)c2cccc(C(=O)N3CCC(C)CC3)c2)c1. The maximum absolute atomic E-state index is 12.7. The quantitative estimate of drug-likeness (QED) is 0.852. The molecule has 1 saturated heterocycles. The van der Waals surface area contributed by atoms with Crippen molar-refractivity contribution in [2.45, 2.75) is 24.7 Å². The van der Waals surface area contributed by atoms with E-state index in [9.17, 15) is 13.2 Å². The molecule has 0 saturated carbocycles. The van der Waals surface area contributed by atoms with Crippen LogP contribution in [0.1, 0.15) is 30.1 Å². The van der Waals surface area contributed by atoms with Crippen LogP contribution in [0, 0.1) is 5.92 Å². The number of ether oxygens (including phenoxy) is 1. The lowest BCUT2D eigenvalue weighted by atomic mass is 9.98. The molecule has 1 heterocycles. The number of nitrogens with one attached hydrogen (secondary N) is 1. The standard InChI is InChI=1S/C20H24N2O4S/c1-15-9-11-22(12-10-15)20(23)16-5-3-8-19(13-16)27(24,25)21-17-6-4-7-18(14-17)26-2/h3-8,13-15,21H,9-12H2,1-2H3. The number of piperidine rings is 1. The van der Waals surface area contributed by atoms with E-state index in [2.05, 4.69) is 11.6 Å². The van der Waals surface area contributed by atoms with Gasteiger partial charge in [-0.15, -0.1) is 0 Å². The normalized spacial score (nSPS) is 15.4. The van der Waals surface area contributed by atoms with Crippen molar-refractivity contribution in [2.24, 2.45) is 5.92 Å². The fourth-order valence-corrected chi connectivity index (χ4v) is 4.19. The maximum Gasteiger partial charge on any atom is 0.261 e. The molecule has 7 heteroatoms. The van der Waals surface area contributed by atoms with E-state index in [1.807, 2.05) is 0 Å². The van der Waals surface area contributed by atoms with E-state index in [-0.39, 0.29) is 10.8 Å². The Morgan fingerprint density at radius 2 is 1.81 bits per heavy atom. The number of nitrogens with zero attached hydrogens (tertiary/aromatic N) is 1. The first-order valence-electron chi connectivity index (χ1n) is 8.95. The molecule has 0 atom stereocenters. The predicted molar refractivity (Wildman–Crippen MR) is 105 cm³/mol. The van der Waals surface area contributed by atoms with Gasteiger partial charge in [0.15, 0.2) is 0 Å². The summed E-state index contributed by atoms with van der Waals surface area (Å²) < 4.78 is 33.1. The van der Waals surface area contributed by atoms with Crippen molar-refractivity contribution < 1.29 is 17.9 Å². The molecule has 1 fully saturated rings. The van der Waals surface area contributed by atoms with Gasteiger partial charge in [0.05, 0.1) is 17.7 Å². The molecule has 0 aliphatic carbocycles. The van der Waals surface area contributed by atoms with Crippen molar-refractivity contribution in [3.8, 4) is 5.75 Å². The Morgan fingerprint density at radius 1 is 1.11 bits per heavy atom. The third kappa shape index (κ3) is 4.60. The number of carbonyl (C=O) groups excluding carboxylic acids is 1. The molecule has 27 heavy (non-hydrogen) atoms. The van der Waals surface area contributed by atoms with E-state index in [0.717, 1.165) is 12.8 Å². The summed E-state index contributed by atoms with van der Waals surface area (Å²) in [7, 11) is -2.29. The van der Waals surface area contributed by atoms with Gasteiger partial charge in [0.25, 0.3) is 15.9 Å². The molecule has 0 radical (unpaired) electrons. The maximum atomic E-state index is 12.7. The molecule has 1 aliphatic rings. The Bertz CT molecular complexity index is 919. The molecule has 0 spiro atoms. The number of anilines is 1. The lowest BCUT2D eigenvalue weighted by Gasteiger charge is -2.30. The summed E-state index contributed by atoms with van der Waals surface area (Å²) in [5.74, 6) is 1.05. The topological polar surface area (TPSA) is 75.7 Å². The number of carbonyl (C=O) groups is 1. The number of amides is 1. The molecule has 0 aromatic heterocycles. The predicted octanol–water partition coefficient (Wildman–Crippen LogP) is 3.37. The van der Waals surface area contributed by atoms with Gasteiger partial charge in [-0.2, -0.15) is 0 Å². The van der Waals surface area contributed by atoms with E-state index in [0.29, 0.717) is 36.0 Å². The second-order valence-corrected chi connectivity index (χ2v) is 8.52. The van der Waals surface area contributed by atoms with Crippen LogP contribution in [0.5, 0.6) is 5.75 Å². The third-order valence-corrected chi connectivity index (χ3v) is 6.16. The first kappa shape index (κ1) is 19.2. The fourth-order valence-electron chi connectivity index (χ4n) is 3.09. The van der Waals surface area contributed by atoms with Crippen LogP contribution in [0.4, 0.5) is 5.69 Å². The zero-order chi connectivity index (χ0) is 19.4. The second kappa shape index (κ2) is 8.00. The molecular weight excluding hydrogens is 364 g/mol. The highest BCUT2D eigenvalue weighted by molar-refractivity contribution is 7.92. The molecule has 0 unspecified atom stereocenters. The smallest absolute Gasteiger partial charge is 0.261 e. The van der Waals surface area contributed by atoms with Gasteiger partial charge in [-0.1, -0.05) is 19.1 Å². The minimum absolute atomic E-state index is 0.0570. The summed E-state index contributed by atoms with van der Waals surface area (Å²) in [4.78, 5) is 14.6. The van der Waals surface area contributed by atoms with Crippen molar-refractivity contribution in [3.63, 3.8) is 0 Å². The van der Waals surface area contributed by atoms with Crippen LogP contribution < -0.4 is 9.46 Å². The summed E-state index contributed by atoms with van der Waals surface area (Å²) in [6.45, 7) is 3.59. The van der Waals surface area contributed by atoms with Crippen LogP contribution in [0.15, 0.2) is 53.4 Å². The summed E-state index contributed by atoms with van der Waals surface area (Å²) in [6, 6.07) is 12.8. The summed E-state index contributed by atoms with van der Waals surface area (Å²) in [5, 5.41) is 0. The van der Waals surface area contributed by atoms with E-state index in [1.165, 1.54) is 19.2 Å². The van der Waals surface area contributed by atoms with Gasteiger partial charge in [0.2, 0.25) is 0 Å². The second-order valence-electron chi connectivity index (χ2n) is 6.84. The Kier molecular flexibility index (Phi) is 5.70. The average Bonchev–Trinajstić information content (AvgIpc) is 2.68. The number of methoxy groups -OCH3 is 1. The van der Waals surface area contributed by atoms with Gasteiger partial charge in [0, 0.05) is 24.7 Å². The van der Waals surface area contributed by atoms with Crippen LogP contribution in [-0.2, 0) is 10.0 Å². The van der Waals surface area contributed by atoms with Crippen LogP contribution in [0.2, 0.25) is 0 Å². The van der Waals surface area contributed by atoms with E-state index < -0.39 is 10.0 Å². The molecule has 1 amide bonds. The lowest BCUT2D eigenvalue weighted by molar-refractivity contribution is 0.0697. The first-order chi connectivity index (χ1) is 12.9. The van der Waals surface area contributed by atoms with Crippen LogP contribution in [-0.4, -0.2) is 39.4 Å². The van der Waals surface area contributed by atoms with Crippen molar-refractivity contribution >= 4 is 21.6 Å². The van der Waals surface area contributed by atoms with Gasteiger partial charge in [-0.3, -0.25) is 9.52 Å².